The number of hydrogen-bond acceptors (Lipinski definition) is 5. The first-order valence-corrected chi connectivity index (χ1v) is 8.72. The minimum Gasteiger partial charge on any atom is -0.453 e. The van der Waals surface area contributed by atoms with Crippen molar-refractivity contribution in [3.63, 3.8) is 0 Å². The molecule has 1 fully saturated rings. The molecule has 0 saturated heterocycles. The van der Waals surface area contributed by atoms with E-state index in [9.17, 15) is 0 Å². The van der Waals surface area contributed by atoms with Crippen LogP contribution in [0.15, 0.2) is 53.3 Å². The van der Waals surface area contributed by atoms with Crippen LogP contribution in [0.1, 0.15) is 30.1 Å². The Kier molecular flexibility index (Phi) is 3.44. The maximum atomic E-state index is 5.91. The Bertz CT molecular complexity index is 1030. The molecule has 4 aromatic heterocycles. The van der Waals surface area contributed by atoms with Crippen LogP contribution in [0.5, 0.6) is 0 Å². The van der Waals surface area contributed by atoms with Crippen LogP contribution < -0.4 is 0 Å². The summed E-state index contributed by atoms with van der Waals surface area (Å²) in [5.41, 5.74) is 3.80. The minimum absolute atomic E-state index is 0.123. The van der Waals surface area contributed by atoms with Crippen molar-refractivity contribution in [2.45, 2.75) is 25.8 Å². The number of rotatable bonds is 5. The van der Waals surface area contributed by atoms with Crippen molar-refractivity contribution in [2.75, 3.05) is 0 Å². The quantitative estimate of drug-likeness (QED) is 0.596. The van der Waals surface area contributed by atoms with Crippen molar-refractivity contribution in [3.8, 4) is 22.9 Å². The maximum Gasteiger partial charge on any atom is 0.156 e. The summed E-state index contributed by atoms with van der Waals surface area (Å²) < 4.78 is 7.83. The lowest BCUT2D eigenvalue weighted by Gasteiger charge is -2.15. The van der Waals surface area contributed by atoms with Gasteiger partial charge in [0, 0.05) is 12.4 Å². The highest BCUT2D eigenvalue weighted by molar-refractivity contribution is 5.59. The average Bonchev–Trinajstić information content (AvgIpc) is 3.10. The van der Waals surface area contributed by atoms with Crippen molar-refractivity contribution in [3.05, 3.63) is 60.2 Å². The van der Waals surface area contributed by atoms with Gasteiger partial charge in [-0.15, -0.1) is 5.10 Å². The Morgan fingerprint density at radius 3 is 2.81 bits per heavy atom. The molecular formula is C19H18N6O. The van der Waals surface area contributed by atoms with Crippen LogP contribution >= 0.6 is 0 Å². The van der Waals surface area contributed by atoms with E-state index in [2.05, 4.69) is 38.5 Å². The molecule has 0 spiro atoms. The van der Waals surface area contributed by atoms with Gasteiger partial charge in [-0.3, -0.25) is 10.1 Å². The molecule has 26 heavy (non-hydrogen) atoms. The van der Waals surface area contributed by atoms with Crippen LogP contribution in [-0.4, -0.2) is 30.2 Å². The molecule has 0 aromatic carbocycles. The number of furan rings is 1. The zero-order valence-corrected chi connectivity index (χ0v) is 14.3. The first-order valence-electron chi connectivity index (χ1n) is 8.72. The fourth-order valence-corrected chi connectivity index (χ4v) is 3.27. The van der Waals surface area contributed by atoms with Gasteiger partial charge in [0.2, 0.25) is 0 Å². The Hall–Kier alpha value is -3.22. The maximum absolute atomic E-state index is 5.91. The number of hydrogen-bond donors (Lipinski definition) is 1. The number of H-pyrrole nitrogens is 1. The molecule has 4 aromatic rings. The Morgan fingerprint density at radius 1 is 1.15 bits per heavy atom. The molecule has 1 N–H and O–H groups in total. The summed E-state index contributed by atoms with van der Waals surface area (Å²) in [4.78, 5) is 4.57. The molecule has 1 aliphatic rings. The van der Waals surface area contributed by atoms with Gasteiger partial charge in [0.15, 0.2) is 11.5 Å². The second-order valence-electron chi connectivity index (χ2n) is 6.76. The topological polar surface area (TPSA) is 85.4 Å². The molecule has 1 aliphatic carbocycles. The highest BCUT2D eigenvalue weighted by Crippen LogP contribution is 2.43. The van der Waals surface area contributed by atoms with Crippen molar-refractivity contribution in [1.82, 2.24) is 30.2 Å². The third kappa shape index (κ3) is 2.71. The van der Waals surface area contributed by atoms with Crippen LogP contribution in [0.25, 0.3) is 22.9 Å². The summed E-state index contributed by atoms with van der Waals surface area (Å²) in [5.74, 6) is 1.98. The van der Waals surface area contributed by atoms with Crippen LogP contribution in [0.4, 0.5) is 0 Å². The Balaban J connectivity index is 1.47. The molecule has 0 bridgehead atoms. The molecule has 5 rings (SSSR count). The van der Waals surface area contributed by atoms with E-state index in [1.807, 2.05) is 41.3 Å². The van der Waals surface area contributed by atoms with Crippen LogP contribution in [0.3, 0.4) is 0 Å². The lowest BCUT2D eigenvalue weighted by molar-refractivity contribution is 0.448. The SMILES string of the molecule is Cc1ccnc(C(C2CC2)n2cc(-c3ccc(-c4ccn[nH]4)o3)nn2)c1. The summed E-state index contributed by atoms with van der Waals surface area (Å²) in [5, 5.41) is 15.6. The largest absolute Gasteiger partial charge is 0.453 e. The summed E-state index contributed by atoms with van der Waals surface area (Å²) in [6.45, 7) is 2.09. The molecule has 7 nitrogen and oxygen atoms in total. The lowest BCUT2D eigenvalue weighted by Crippen LogP contribution is -2.15. The van der Waals surface area contributed by atoms with E-state index in [0.717, 1.165) is 17.1 Å². The molecule has 1 saturated carbocycles. The summed E-state index contributed by atoms with van der Waals surface area (Å²) >= 11 is 0. The average molecular weight is 346 g/mol. The predicted molar refractivity (Wildman–Crippen MR) is 95.1 cm³/mol. The van der Waals surface area contributed by atoms with E-state index < -0.39 is 0 Å². The van der Waals surface area contributed by atoms with E-state index in [1.54, 1.807) is 6.20 Å². The highest BCUT2D eigenvalue weighted by atomic mass is 16.3. The molecule has 0 radical (unpaired) electrons. The van der Waals surface area contributed by atoms with Gasteiger partial charge in [0.05, 0.1) is 17.9 Å². The first-order chi connectivity index (χ1) is 12.8. The number of aryl methyl sites for hydroxylation is 1. The van der Waals surface area contributed by atoms with Gasteiger partial charge in [-0.2, -0.15) is 5.10 Å². The van der Waals surface area contributed by atoms with Gasteiger partial charge in [-0.05, 0) is 61.6 Å². The molecule has 1 atom stereocenters. The fourth-order valence-electron chi connectivity index (χ4n) is 3.27. The monoisotopic (exact) mass is 346 g/mol. The van der Waals surface area contributed by atoms with Crippen LogP contribution in [0.2, 0.25) is 0 Å². The molecule has 4 heterocycles. The molecule has 1 unspecified atom stereocenters. The third-order valence-electron chi connectivity index (χ3n) is 4.73. The van der Waals surface area contributed by atoms with Crippen molar-refractivity contribution < 1.29 is 4.42 Å². The van der Waals surface area contributed by atoms with Gasteiger partial charge < -0.3 is 4.42 Å². The zero-order valence-electron chi connectivity index (χ0n) is 14.3. The smallest absolute Gasteiger partial charge is 0.156 e. The Morgan fingerprint density at radius 2 is 2.04 bits per heavy atom. The molecule has 0 amide bonds. The molecular weight excluding hydrogens is 328 g/mol. The first kappa shape index (κ1) is 15.1. The van der Waals surface area contributed by atoms with Crippen molar-refractivity contribution in [1.29, 1.82) is 0 Å². The number of nitrogens with one attached hydrogen (secondary N) is 1. The summed E-state index contributed by atoms with van der Waals surface area (Å²) in [6.07, 6.45) is 7.90. The predicted octanol–water partition coefficient (Wildman–Crippen LogP) is 3.63. The summed E-state index contributed by atoms with van der Waals surface area (Å²) in [7, 11) is 0. The highest BCUT2D eigenvalue weighted by Gasteiger charge is 2.35. The second-order valence-corrected chi connectivity index (χ2v) is 6.76. The van der Waals surface area contributed by atoms with E-state index in [1.165, 1.54) is 18.4 Å². The number of nitrogens with zero attached hydrogens (tertiary/aromatic N) is 5. The van der Waals surface area contributed by atoms with Crippen LogP contribution in [0, 0.1) is 12.8 Å². The van der Waals surface area contributed by atoms with Gasteiger partial charge in [-0.25, -0.2) is 4.68 Å². The lowest BCUT2D eigenvalue weighted by atomic mass is 10.1. The van der Waals surface area contributed by atoms with Gasteiger partial charge in [0.25, 0.3) is 0 Å². The minimum atomic E-state index is 0.123. The molecule has 7 heteroatoms. The van der Waals surface area contributed by atoms with E-state index in [-0.39, 0.29) is 6.04 Å². The van der Waals surface area contributed by atoms with Crippen molar-refractivity contribution in [2.24, 2.45) is 5.92 Å². The normalized spacial score (nSPS) is 15.3. The standard InChI is InChI=1S/C19H18N6O/c1-12-6-8-20-15(10-12)19(13-2-3-13)25-11-16(23-24-25)18-5-4-17(26-18)14-7-9-21-22-14/h4-11,13,19H,2-3H2,1H3,(H,21,22). The Labute approximate surface area is 150 Å². The molecule has 130 valence electrons. The van der Waals surface area contributed by atoms with Gasteiger partial charge in [-0.1, -0.05) is 5.21 Å². The van der Waals surface area contributed by atoms with E-state index in [0.29, 0.717) is 17.4 Å². The van der Waals surface area contributed by atoms with Crippen LogP contribution in [-0.2, 0) is 0 Å². The number of pyridine rings is 1. The number of aromatic nitrogens is 6. The van der Waals surface area contributed by atoms with E-state index >= 15 is 0 Å². The van der Waals surface area contributed by atoms with Crippen molar-refractivity contribution >= 4 is 0 Å². The zero-order chi connectivity index (χ0) is 17.5. The molecule has 0 aliphatic heterocycles. The third-order valence-corrected chi connectivity index (χ3v) is 4.73. The van der Waals surface area contributed by atoms with Gasteiger partial charge in [0.1, 0.15) is 11.4 Å². The summed E-state index contributed by atoms with van der Waals surface area (Å²) in [6, 6.07) is 9.95. The van der Waals surface area contributed by atoms with Gasteiger partial charge >= 0.3 is 0 Å². The fraction of sp³-hybridized carbons (Fsp3) is 0.263. The second kappa shape index (κ2) is 5.94. The number of aromatic amines is 1. The van der Waals surface area contributed by atoms with E-state index in [4.69, 9.17) is 4.42 Å².